The van der Waals surface area contributed by atoms with Gasteiger partial charge in [-0.05, 0) is 32.0 Å². The molecule has 0 aromatic heterocycles. The van der Waals surface area contributed by atoms with E-state index in [4.69, 9.17) is 9.47 Å². The quantitative estimate of drug-likeness (QED) is 0.694. The van der Waals surface area contributed by atoms with Crippen LogP contribution >= 0.6 is 0 Å². The third-order valence-corrected chi connectivity index (χ3v) is 2.81. The zero-order valence-electron chi connectivity index (χ0n) is 12.5. The minimum atomic E-state index is 0.153. The van der Waals surface area contributed by atoms with E-state index in [0.29, 0.717) is 0 Å². The third-order valence-electron chi connectivity index (χ3n) is 2.81. The van der Waals surface area contributed by atoms with Crippen LogP contribution in [0.15, 0.2) is 24.3 Å². The second-order valence-corrected chi connectivity index (χ2v) is 4.87. The maximum absolute atomic E-state index is 5.89. The number of nitrogens with one attached hydrogen (secondary N) is 1. The zero-order chi connectivity index (χ0) is 14.1. The van der Waals surface area contributed by atoms with Crippen LogP contribution in [0.25, 0.3) is 0 Å². The van der Waals surface area contributed by atoms with E-state index < -0.39 is 0 Å². The van der Waals surface area contributed by atoms with E-state index in [-0.39, 0.29) is 6.10 Å². The summed E-state index contributed by atoms with van der Waals surface area (Å²) in [5.74, 6) is 0.914. The SMILES string of the molecule is COCCCNCC(C)Oc1cccc(N(C)C)c1. The maximum Gasteiger partial charge on any atom is 0.121 e. The normalized spacial score (nSPS) is 12.2. The lowest BCUT2D eigenvalue weighted by Gasteiger charge is -2.18. The van der Waals surface area contributed by atoms with Crippen molar-refractivity contribution < 1.29 is 9.47 Å². The molecule has 0 fully saturated rings. The van der Waals surface area contributed by atoms with Crippen molar-refractivity contribution >= 4 is 5.69 Å². The van der Waals surface area contributed by atoms with Crippen molar-refractivity contribution in [2.24, 2.45) is 0 Å². The fraction of sp³-hybridized carbons (Fsp3) is 0.600. The van der Waals surface area contributed by atoms with Crippen molar-refractivity contribution in [2.75, 3.05) is 45.8 Å². The third kappa shape index (κ3) is 6.45. The summed E-state index contributed by atoms with van der Waals surface area (Å²) >= 11 is 0. The van der Waals surface area contributed by atoms with Gasteiger partial charge >= 0.3 is 0 Å². The minimum Gasteiger partial charge on any atom is -0.489 e. The van der Waals surface area contributed by atoms with Gasteiger partial charge in [-0.1, -0.05) is 6.07 Å². The van der Waals surface area contributed by atoms with Gasteiger partial charge in [0.05, 0.1) is 0 Å². The predicted octanol–water partition coefficient (Wildman–Crippen LogP) is 2.15. The maximum atomic E-state index is 5.89. The number of benzene rings is 1. The number of methoxy groups -OCH3 is 1. The van der Waals surface area contributed by atoms with Crippen molar-refractivity contribution in [1.82, 2.24) is 5.32 Å². The topological polar surface area (TPSA) is 33.7 Å². The molecule has 108 valence electrons. The molecule has 0 aliphatic rings. The van der Waals surface area contributed by atoms with Crippen LogP contribution in [0, 0.1) is 0 Å². The number of hydrogen-bond acceptors (Lipinski definition) is 4. The summed E-state index contributed by atoms with van der Waals surface area (Å²) in [6, 6.07) is 8.14. The summed E-state index contributed by atoms with van der Waals surface area (Å²) in [4.78, 5) is 2.07. The highest BCUT2D eigenvalue weighted by Gasteiger charge is 2.04. The molecule has 1 rings (SSSR count). The average molecular weight is 266 g/mol. The van der Waals surface area contributed by atoms with Gasteiger partial charge in [0.2, 0.25) is 0 Å². The average Bonchev–Trinajstić information content (AvgIpc) is 2.38. The van der Waals surface area contributed by atoms with Crippen molar-refractivity contribution in [2.45, 2.75) is 19.4 Å². The van der Waals surface area contributed by atoms with Crippen molar-refractivity contribution in [3.8, 4) is 5.75 Å². The van der Waals surface area contributed by atoms with Crippen LogP contribution in [0.2, 0.25) is 0 Å². The van der Waals surface area contributed by atoms with Gasteiger partial charge in [0.15, 0.2) is 0 Å². The lowest BCUT2D eigenvalue weighted by atomic mass is 10.3. The molecule has 0 saturated carbocycles. The number of anilines is 1. The molecular formula is C15H26N2O2. The van der Waals surface area contributed by atoms with Gasteiger partial charge in [-0.2, -0.15) is 0 Å². The Bertz CT molecular complexity index is 356. The molecule has 1 N–H and O–H groups in total. The second kappa shape index (κ2) is 8.77. The van der Waals surface area contributed by atoms with E-state index in [1.807, 2.05) is 26.2 Å². The Labute approximate surface area is 116 Å². The molecular weight excluding hydrogens is 240 g/mol. The summed E-state index contributed by atoms with van der Waals surface area (Å²) in [6.07, 6.45) is 1.18. The summed E-state index contributed by atoms with van der Waals surface area (Å²) in [6.45, 7) is 4.67. The summed E-state index contributed by atoms with van der Waals surface area (Å²) in [5.41, 5.74) is 1.15. The molecule has 1 aromatic rings. The first kappa shape index (κ1) is 15.8. The summed E-state index contributed by atoms with van der Waals surface area (Å²) < 4.78 is 10.9. The minimum absolute atomic E-state index is 0.153. The molecule has 0 radical (unpaired) electrons. The molecule has 0 amide bonds. The lowest BCUT2D eigenvalue weighted by Crippen LogP contribution is -2.30. The Hall–Kier alpha value is -1.26. The van der Waals surface area contributed by atoms with Crippen LogP contribution in [0.1, 0.15) is 13.3 Å². The lowest BCUT2D eigenvalue weighted by molar-refractivity contribution is 0.188. The van der Waals surface area contributed by atoms with Crippen LogP contribution in [0.3, 0.4) is 0 Å². The van der Waals surface area contributed by atoms with E-state index in [1.54, 1.807) is 7.11 Å². The van der Waals surface area contributed by atoms with Gasteiger partial charge < -0.3 is 19.7 Å². The molecule has 0 spiro atoms. The van der Waals surface area contributed by atoms with E-state index >= 15 is 0 Å². The molecule has 1 atom stereocenters. The highest BCUT2D eigenvalue weighted by molar-refractivity contribution is 5.49. The largest absolute Gasteiger partial charge is 0.489 e. The molecule has 0 heterocycles. The van der Waals surface area contributed by atoms with Crippen LogP contribution in [0.5, 0.6) is 5.75 Å². The molecule has 0 saturated heterocycles. The number of ether oxygens (including phenoxy) is 2. The molecule has 4 nitrogen and oxygen atoms in total. The van der Waals surface area contributed by atoms with Gasteiger partial charge in [-0.3, -0.25) is 0 Å². The van der Waals surface area contributed by atoms with Gasteiger partial charge in [0.1, 0.15) is 11.9 Å². The van der Waals surface area contributed by atoms with Crippen molar-refractivity contribution in [1.29, 1.82) is 0 Å². The smallest absolute Gasteiger partial charge is 0.121 e. The van der Waals surface area contributed by atoms with E-state index in [9.17, 15) is 0 Å². The first-order valence-electron chi connectivity index (χ1n) is 6.77. The number of rotatable bonds is 9. The number of hydrogen-bond donors (Lipinski definition) is 1. The molecule has 19 heavy (non-hydrogen) atoms. The van der Waals surface area contributed by atoms with Gasteiger partial charge in [0, 0.05) is 46.1 Å². The monoisotopic (exact) mass is 266 g/mol. The highest BCUT2D eigenvalue weighted by atomic mass is 16.5. The molecule has 1 aromatic carbocycles. The molecule has 1 unspecified atom stereocenters. The van der Waals surface area contributed by atoms with Gasteiger partial charge in [-0.25, -0.2) is 0 Å². The van der Waals surface area contributed by atoms with Crippen molar-refractivity contribution in [3.05, 3.63) is 24.3 Å². The van der Waals surface area contributed by atoms with E-state index in [0.717, 1.165) is 37.6 Å². The van der Waals surface area contributed by atoms with Crippen LogP contribution in [-0.4, -0.2) is 47.0 Å². The van der Waals surface area contributed by atoms with E-state index in [1.165, 1.54) is 0 Å². The fourth-order valence-electron chi connectivity index (χ4n) is 1.76. The Morgan fingerprint density at radius 3 is 2.79 bits per heavy atom. The van der Waals surface area contributed by atoms with Crippen LogP contribution < -0.4 is 15.0 Å². The Morgan fingerprint density at radius 2 is 2.11 bits per heavy atom. The highest BCUT2D eigenvalue weighted by Crippen LogP contribution is 2.20. The van der Waals surface area contributed by atoms with Crippen LogP contribution in [0.4, 0.5) is 5.69 Å². The van der Waals surface area contributed by atoms with Crippen molar-refractivity contribution in [3.63, 3.8) is 0 Å². The Kier molecular flexibility index (Phi) is 7.30. The molecule has 0 aliphatic heterocycles. The standard InChI is InChI=1S/C15H26N2O2/c1-13(12-16-9-6-10-18-4)19-15-8-5-7-14(11-15)17(2)3/h5,7-8,11,13,16H,6,9-10,12H2,1-4H3. The second-order valence-electron chi connectivity index (χ2n) is 4.87. The molecule has 4 heteroatoms. The Morgan fingerprint density at radius 1 is 1.32 bits per heavy atom. The summed E-state index contributed by atoms with van der Waals surface area (Å²) in [5, 5.41) is 3.36. The van der Waals surface area contributed by atoms with E-state index in [2.05, 4.69) is 29.3 Å². The Balaban J connectivity index is 2.31. The van der Waals surface area contributed by atoms with Gasteiger partial charge in [-0.15, -0.1) is 0 Å². The molecule has 0 bridgehead atoms. The number of nitrogens with zero attached hydrogens (tertiary/aromatic N) is 1. The fourth-order valence-corrected chi connectivity index (χ4v) is 1.76. The molecule has 0 aliphatic carbocycles. The van der Waals surface area contributed by atoms with Crippen LogP contribution in [-0.2, 0) is 4.74 Å². The summed E-state index contributed by atoms with van der Waals surface area (Å²) in [7, 11) is 5.78. The predicted molar refractivity (Wildman–Crippen MR) is 80.2 cm³/mol. The first-order chi connectivity index (χ1) is 9.13. The first-order valence-corrected chi connectivity index (χ1v) is 6.77. The van der Waals surface area contributed by atoms with Gasteiger partial charge in [0.25, 0.3) is 0 Å². The zero-order valence-corrected chi connectivity index (χ0v) is 12.5.